The first-order chi connectivity index (χ1) is 8.78. The maximum atomic E-state index is 4.66. The zero-order valence-electron chi connectivity index (χ0n) is 11.1. The van der Waals surface area contributed by atoms with Crippen LogP contribution < -0.4 is 0 Å². The van der Waals surface area contributed by atoms with Crippen LogP contribution in [0.2, 0.25) is 0 Å². The Morgan fingerprint density at radius 1 is 1.06 bits per heavy atom. The summed E-state index contributed by atoms with van der Waals surface area (Å²) in [7, 11) is 0. The molecule has 1 unspecified atom stereocenters. The Bertz CT molecular complexity index is 479. The highest BCUT2D eigenvalue weighted by molar-refractivity contribution is 5.13. The monoisotopic (exact) mass is 240 g/mol. The van der Waals surface area contributed by atoms with Crippen molar-refractivity contribution >= 4 is 0 Å². The van der Waals surface area contributed by atoms with Crippen LogP contribution in [0.1, 0.15) is 30.8 Å². The van der Waals surface area contributed by atoms with Gasteiger partial charge in [0.15, 0.2) is 0 Å². The minimum Gasteiger partial charge on any atom is -0.264 e. The highest BCUT2D eigenvalue weighted by Gasteiger charge is 2.06. The van der Waals surface area contributed by atoms with Gasteiger partial charge in [-0.05, 0) is 48.9 Å². The van der Waals surface area contributed by atoms with Gasteiger partial charge in [0.2, 0.25) is 0 Å². The highest BCUT2D eigenvalue weighted by Crippen LogP contribution is 2.13. The van der Waals surface area contributed by atoms with E-state index in [1.165, 1.54) is 17.0 Å². The van der Waals surface area contributed by atoms with E-state index in [1.54, 1.807) is 0 Å². The fourth-order valence-corrected chi connectivity index (χ4v) is 2.19. The van der Waals surface area contributed by atoms with Crippen molar-refractivity contribution in [1.82, 2.24) is 9.97 Å². The van der Waals surface area contributed by atoms with E-state index in [-0.39, 0.29) is 0 Å². The van der Waals surface area contributed by atoms with E-state index < -0.39 is 0 Å². The lowest BCUT2D eigenvalue weighted by Gasteiger charge is -2.11. The van der Waals surface area contributed by atoms with Gasteiger partial charge in [-0.3, -0.25) is 9.97 Å². The third-order valence-electron chi connectivity index (χ3n) is 3.09. The van der Waals surface area contributed by atoms with Crippen LogP contribution in [0.4, 0.5) is 0 Å². The van der Waals surface area contributed by atoms with Crippen molar-refractivity contribution in [3.63, 3.8) is 0 Å². The molecule has 0 saturated carbocycles. The molecule has 2 heterocycles. The molecule has 2 rings (SSSR count). The van der Waals surface area contributed by atoms with E-state index >= 15 is 0 Å². The Kier molecular flexibility index (Phi) is 4.46. The van der Waals surface area contributed by atoms with Crippen molar-refractivity contribution in [3.05, 3.63) is 59.7 Å². The molecule has 0 spiro atoms. The SMILES string of the molecule is CCc1cccc(CC(C)Cc2cccnc2)n1. The summed E-state index contributed by atoms with van der Waals surface area (Å²) in [6, 6.07) is 10.5. The molecule has 0 aliphatic carbocycles. The molecule has 0 radical (unpaired) electrons. The van der Waals surface area contributed by atoms with Crippen molar-refractivity contribution < 1.29 is 0 Å². The van der Waals surface area contributed by atoms with Crippen LogP contribution in [0, 0.1) is 5.92 Å². The fraction of sp³-hybridized carbons (Fsp3) is 0.375. The summed E-state index contributed by atoms with van der Waals surface area (Å²) in [4.78, 5) is 8.81. The van der Waals surface area contributed by atoms with Gasteiger partial charge in [0.25, 0.3) is 0 Å². The molecule has 0 aliphatic heterocycles. The number of aromatic nitrogens is 2. The number of nitrogens with zero attached hydrogens (tertiary/aromatic N) is 2. The second-order valence-electron chi connectivity index (χ2n) is 4.85. The lowest BCUT2D eigenvalue weighted by atomic mass is 9.97. The van der Waals surface area contributed by atoms with Crippen molar-refractivity contribution in [1.29, 1.82) is 0 Å². The number of rotatable bonds is 5. The van der Waals surface area contributed by atoms with Crippen LogP contribution in [0.25, 0.3) is 0 Å². The summed E-state index contributed by atoms with van der Waals surface area (Å²) in [5.41, 5.74) is 3.68. The predicted octanol–water partition coefficient (Wildman–Crippen LogP) is 3.46. The van der Waals surface area contributed by atoms with Crippen molar-refractivity contribution in [2.24, 2.45) is 5.92 Å². The van der Waals surface area contributed by atoms with Crippen LogP contribution in [0.15, 0.2) is 42.7 Å². The van der Waals surface area contributed by atoms with Crippen LogP contribution in [-0.4, -0.2) is 9.97 Å². The largest absolute Gasteiger partial charge is 0.264 e. The molecule has 0 fully saturated rings. The number of hydrogen-bond donors (Lipinski definition) is 0. The predicted molar refractivity (Wildman–Crippen MR) is 74.4 cm³/mol. The van der Waals surface area contributed by atoms with E-state index in [4.69, 9.17) is 0 Å². The van der Waals surface area contributed by atoms with E-state index in [1.807, 2.05) is 18.5 Å². The molecule has 0 saturated heterocycles. The van der Waals surface area contributed by atoms with Crippen LogP contribution in [0.5, 0.6) is 0 Å². The molecule has 18 heavy (non-hydrogen) atoms. The fourth-order valence-electron chi connectivity index (χ4n) is 2.19. The van der Waals surface area contributed by atoms with Crippen molar-refractivity contribution in [2.45, 2.75) is 33.1 Å². The van der Waals surface area contributed by atoms with Crippen molar-refractivity contribution in [2.75, 3.05) is 0 Å². The molecule has 94 valence electrons. The summed E-state index contributed by atoms with van der Waals surface area (Å²) in [6.45, 7) is 4.42. The second kappa shape index (κ2) is 6.29. The standard InChI is InChI=1S/C16H20N2/c1-3-15-7-4-8-16(18-15)11-13(2)10-14-6-5-9-17-12-14/h4-9,12-13H,3,10-11H2,1-2H3. The molecule has 2 aromatic heterocycles. The Balaban J connectivity index is 1.96. The van der Waals surface area contributed by atoms with Gasteiger partial charge in [-0.1, -0.05) is 26.0 Å². The Labute approximate surface area is 109 Å². The lowest BCUT2D eigenvalue weighted by molar-refractivity contribution is 0.567. The summed E-state index contributed by atoms with van der Waals surface area (Å²) in [5.74, 6) is 0.591. The minimum absolute atomic E-state index is 0.591. The average molecular weight is 240 g/mol. The molecule has 0 amide bonds. The summed E-state index contributed by atoms with van der Waals surface area (Å²) in [5, 5.41) is 0. The second-order valence-corrected chi connectivity index (χ2v) is 4.85. The molecule has 0 aliphatic rings. The van der Waals surface area contributed by atoms with E-state index in [9.17, 15) is 0 Å². The first kappa shape index (κ1) is 12.7. The van der Waals surface area contributed by atoms with Gasteiger partial charge >= 0.3 is 0 Å². The summed E-state index contributed by atoms with van der Waals surface area (Å²) >= 11 is 0. The molecule has 0 aromatic carbocycles. The van der Waals surface area contributed by atoms with E-state index in [0.717, 1.165) is 19.3 Å². The van der Waals surface area contributed by atoms with Gasteiger partial charge in [-0.25, -0.2) is 0 Å². The smallest absolute Gasteiger partial charge is 0.0409 e. The molecular formula is C16H20N2. The van der Waals surface area contributed by atoms with Crippen molar-refractivity contribution in [3.8, 4) is 0 Å². The molecule has 2 aromatic rings. The Morgan fingerprint density at radius 3 is 2.61 bits per heavy atom. The topological polar surface area (TPSA) is 25.8 Å². The third kappa shape index (κ3) is 3.66. The average Bonchev–Trinajstić information content (AvgIpc) is 2.40. The molecule has 0 bridgehead atoms. The van der Waals surface area contributed by atoms with Gasteiger partial charge in [0.1, 0.15) is 0 Å². The summed E-state index contributed by atoms with van der Waals surface area (Å²) in [6.07, 6.45) is 6.87. The first-order valence-electron chi connectivity index (χ1n) is 6.61. The maximum absolute atomic E-state index is 4.66. The number of hydrogen-bond acceptors (Lipinski definition) is 2. The zero-order valence-corrected chi connectivity index (χ0v) is 11.1. The Morgan fingerprint density at radius 2 is 1.89 bits per heavy atom. The summed E-state index contributed by atoms with van der Waals surface area (Å²) < 4.78 is 0. The molecule has 0 N–H and O–H groups in total. The van der Waals surface area contributed by atoms with Crippen LogP contribution in [0.3, 0.4) is 0 Å². The first-order valence-corrected chi connectivity index (χ1v) is 6.61. The van der Waals surface area contributed by atoms with E-state index in [0.29, 0.717) is 5.92 Å². The molecule has 2 heteroatoms. The van der Waals surface area contributed by atoms with Gasteiger partial charge in [-0.15, -0.1) is 0 Å². The highest BCUT2D eigenvalue weighted by atomic mass is 14.7. The van der Waals surface area contributed by atoms with Gasteiger partial charge < -0.3 is 0 Å². The maximum Gasteiger partial charge on any atom is 0.0409 e. The number of pyridine rings is 2. The third-order valence-corrected chi connectivity index (χ3v) is 3.09. The Hall–Kier alpha value is -1.70. The van der Waals surface area contributed by atoms with E-state index in [2.05, 4.69) is 48.1 Å². The number of aryl methyl sites for hydroxylation is 1. The van der Waals surface area contributed by atoms with Crippen LogP contribution >= 0.6 is 0 Å². The minimum atomic E-state index is 0.591. The quantitative estimate of drug-likeness (QED) is 0.800. The molecule has 2 nitrogen and oxygen atoms in total. The normalized spacial score (nSPS) is 12.3. The van der Waals surface area contributed by atoms with Crippen LogP contribution in [-0.2, 0) is 19.3 Å². The van der Waals surface area contributed by atoms with Gasteiger partial charge in [-0.2, -0.15) is 0 Å². The zero-order chi connectivity index (χ0) is 12.8. The molecule has 1 atom stereocenters. The van der Waals surface area contributed by atoms with Gasteiger partial charge in [0.05, 0.1) is 0 Å². The molecular weight excluding hydrogens is 220 g/mol. The van der Waals surface area contributed by atoms with Gasteiger partial charge in [0, 0.05) is 23.8 Å². The lowest BCUT2D eigenvalue weighted by Crippen LogP contribution is -2.06.